The van der Waals surface area contributed by atoms with E-state index >= 15 is 0 Å². The number of ketones is 1. The molecule has 1 fully saturated rings. The van der Waals surface area contributed by atoms with Gasteiger partial charge in [0.1, 0.15) is 5.25 Å². The van der Waals surface area contributed by atoms with Crippen LogP contribution in [-0.2, 0) is 9.84 Å². The molecule has 1 aromatic rings. The summed E-state index contributed by atoms with van der Waals surface area (Å²) in [6.07, 6.45) is 2.44. The molecule has 0 radical (unpaired) electrons. The van der Waals surface area contributed by atoms with Gasteiger partial charge in [0.05, 0.1) is 11.9 Å². The number of nitrogens with zero attached hydrogens (tertiary/aromatic N) is 1. The minimum Gasteiger partial charge on any atom is -0.436 e. The summed E-state index contributed by atoms with van der Waals surface area (Å²) in [7, 11) is -3.12. The molecule has 0 N–H and O–H groups in total. The van der Waals surface area contributed by atoms with Crippen LogP contribution in [0.1, 0.15) is 41.5 Å². The topological polar surface area (TPSA) is 77.2 Å². The smallest absolute Gasteiger partial charge is 0.213 e. The zero-order valence-electron chi connectivity index (χ0n) is 8.26. The van der Waals surface area contributed by atoms with Crippen molar-refractivity contribution in [1.82, 2.24) is 4.98 Å². The van der Waals surface area contributed by atoms with Crippen molar-refractivity contribution >= 4 is 15.6 Å². The van der Waals surface area contributed by atoms with Crippen LogP contribution in [-0.4, -0.2) is 24.9 Å². The van der Waals surface area contributed by atoms with E-state index in [2.05, 4.69) is 4.98 Å². The maximum atomic E-state index is 11.6. The largest absolute Gasteiger partial charge is 0.436 e. The van der Waals surface area contributed by atoms with Crippen molar-refractivity contribution < 1.29 is 17.6 Å². The van der Waals surface area contributed by atoms with Gasteiger partial charge in [-0.25, -0.2) is 13.4 Å². The van der Waals surface area contributed by atoms with Crippen molar-refractivity contribution in [3.05, 3.63) is 17.8 Å². The molecular weight excluding hydrogens is 218 g/mol. The Morgan fingerprint density at radius 3 is 2.80 bits per heavy atom. The Morgan fingerprint density at radius 1 is 1.60 bits per heavy atom. The standard InChI is InChI=1S/C9H11NO4S/c1-6(11)7-5-10-9(14-7)8-3-2-4-15(8,12)13/h5,8H,2-4H2,1H3. The molecule has 1 atom stereocenters. The predicted molar refractivity (Wildman–Crippen MR) is 52.3 cm³/mol. The molecule has 82 valence electrons. The lowest BCUT2D eigenvalue weighted by Crippen LogP contribution is -2.08. The van der Waals surface area contributed by atoms with Crippen molar-refractivity contribution in [3.8, 4) is 0 Å². The highest BCUT2D eigenvalue weighted by Gasteiger charge is 2.36. The van der Waals surface area contributed by atoms with Crippen LogP contribution in [0.15, 0.2) is 10.6 Å². The van der Waals surface area contributed by atoms with E-state index in [9.17, 15) is 13.2 Å². The summed E-state index contributed by atoms with van der Waals surface area (Å²) in [5, 5.41) is -0.661. The lowest BCUT2D eigenvalue weighted by molar-refractivity contribution is 0.0985. The van der Waals surface area contributed by atoms with Crippen LogP contribution in [0, 0.1) is 0 Å². The minimum atomic E-state index is -3.12. The summed E-state index contributed by atoms with van der Waals surface area (Å²) in [5.41, 5.74) is 0. The Kier molecular flexibility index (Phi) is 2.38. The second-order valence-electron chi connectivity index (χ2n) is 3.62. The zero-order chi connectivity index (χ0) is 11.1. The SMILES string of the molecule is CC(=O)c1cnc(C2CCCS2(=O)=O)o1. The number of sulfone groups is 1. The van der Waals surface area contributed by atoms with Crippen LogP contribution >= 0.6 is 0 Å². The van der Waals surface area contributed by atoms with Crippen molar-refractivity contribution in [2.45, 2.75) is 25.0 Å². The van der Waals surface area contributed by atoms with Crippen LogP contribution in [0.4, 0.5) is 0 Å². The Bertz CT molecular complexity index is 488. The van der Waals surface area contributed by atoms with Gasteiger partial charge in [0.15, 0.2) is 21.4 Å². The molecule has 0 bridgehead atoms. The molecule has 0 amide bonds. The molecule has 15 heavy (non-hydrogen) atoms. The number of rotatable bonds is 2. The van der Waals surface area contributed by atoms with Crippen LogP contribution in [0.25, 0.3) is 0 Å². The summed E-state index contributed by atoms with van der Waals surface area (Å²) in [6, 6.07) is 0. The highest BCUT2D eigenvalue weighted by Crippen LogP contribution is 2.33. The maximum Gasteiger partial charge on any atom is 0.213 e. The van der Waals surface area contributed by atoms with Gasteiger partial charge in [0.25, 0.3) is 0 Å². The maximum absolute atomic E-state index is 11.6. The first-order valence-electron chi connectivity index (χ1n) is 4.69. The van der Waals surface area contributed by atoms with Gasteiger partial charge in [-0.2, -0.15) is 0 Å². The average Bonchev–Trinajstić information content (AvgIpc) is 2.69. The first-order valence-corrected chi connectivity index (χ1v) is 6.40. The van der Waals surface area contributed by atoms with Crippen molar-refractivity contribution in [2.75, 3.05) is 5.75 Å². The van der Waals surface area contributed by atoms with E-state index in [0.717, 1.165) is 0 Å². The highest BCUT2D eigenvalue weighted by molar-refractivity contribution is 7.91. The summed E-state index contributed by atoms with van der Waals surface area (Å²) in [4.78, 5) is 14.8. The van der Waals surface area contributed by atoms with Gasteiger partial charge in [0.2, 0.25) is 5.89 Å². The predicted octanol–water partition coefficient (Wildman–Crippen LogP) is 1.13. The number of hydrogen-bond acceptors (Lipinski definition) is 5. The molecule has 2 heterocycles. The van der Waals surface area contributed by atoms with E-state index in [1.807, 2.05) is 0 Å². The van der Waals surface area contributed by atoms with Gasteiger partial charge in [0, 0.05) is 6.92 Å². The number of carbonyl (C=O) groups excluding carboxylic acids is 1. The Hall–Kier alpha value is -1.17. The molecule has 0 aromatic carbocycles. The molecule has 0 aliphatic carbocycles. The quantitative estimate of drug-likeness (QED) is 0.710. The molecule has 1 unspecified atom stereocenters. The number of oxazole rings is 1. The molecule has 1 saturated heterocycles. The normalized spacial score (nSPS) is 24.2. The summed E-state index contributed by atoms with van der Waals surface area (Å²) in [5.74, 6) is 0.198. The lowest BCUT2D eigenvalue weighted by Gasteiger charge is -2.02. The lowest BCUT2D eigenvalue weighted by atomic mass is 10.2. The molecule has 6 heteroatoms. The molecular formula is C9H11NO4S. The molecule has 5 nitrogen and oxygen atoms in total. The van der Waals surface area contributed by atoms with Crippen molar-refractivity contribution in [3.63, 3.8) is 0 Å². The van der Waals surface area contributed by atoms with Gasteiger partial charge in [-0.15, -0.1) is 0 Å². The zero-order valence-corrected chi connectivity index (χ0v) is 9.08. The van der Waals surface area contributed by atoms with Gasteiger partial charge in [-0.05, 0) is 12.8 Å². The molecule has 0 spiro atoms. The Labute approximate surface area is 87.4 Å². The van der Waals surface area contributed by atoms with E-state index in [4.69, 9.17) is 4.42 Å². The minimum absolute atomic E-state index is 0.118. The van der Waals surface area contributed by atoms with Crippen LogP contribution in [0.3, 0.4) is 0 Å². The number of carbonyl (C=O) groups is 1. The molecule has 2 rings (SSSR count). The van der Waals surface area contributed by atoms with Crippen molar-refractivity contribution in [2.24, 2.45) is 0 Å². The molecule has 0 saturated carbocycles. The number of aromatic nitrogens is 1. The van der Waals surface area contributed by atoms with E-state index in [-0.39, 0.29) is 23.2 Å². The van der Waals surface area contributed by atoms with Crippen LogP contribution < -0.4 is 0 Å². The number of Topliss-reactive ketones (excluding diaryl/α,β-unsaturated/α-hetero) is 1. The average molecular weight is 229 g/mol. The molecule has 1 aromatic heterocycles. The first kappa shape index (κ1) is 10.4. The van der Waals surface area contributed by atoms with Crippen molar-refractivity contribution in [1.29, 1.82) is 0 Å². The third-order valence-electron chi connectivity index (χ3n) is 2.47. The summed E-state index contributed by atoms with van der Waals surface area (Å²) in [6.45, 7) is 1.35. The monoisotopic (exact) mass is 229 g/mol. The first-order chi connectivity index (χ1) is 7.00. The highest BCUT2D eigenvalue weighted by atomic mass is 32.2. The van der Waals surface area contributed by atoms with Gasteiger partial charge >= 0.3 is 0 Å². The third kappa shape index (κ3) is 1.81. The summed E-state index contributed by atoms with van der Waals surface area (Å²) >= 11 is 0. The Balaban J connectivity index is 2.34. The second-order valence-corrected chi connectivity index (χ2v) is 5.92. The van der Waals surface area contributed by atoms with E-state index in [1.165, 1.54) is 13.1 Å². The third-order valence-corrected chi connectivity index (χ3v) is 4.64. The Morgan fingerprint density at radius 2 is 2.33 bits per heavy atom. The summed E-state index contributed by atoms with van der Waals surface area (Å²) < 4.78 is 28.2. The van der Waals surface area contributed by atoms with Crippen LogP contribution in [0.2, 0.25) is 0 Å². The number of hydrogen-bond donors (Lipinski definition) is 0. The fraction of sp³-hybridized carbons (Fsp3) is 0.556. The van der Waals surface area contributed by atoms with E-state index in [0.29, 0.717) is 12.8 Å². The van der Waals surface area contributed by atoms with Crippen LogP contribution in [0.5, 0.6) is 0 Å². The van der Waals surface area contributed by atoms with Gasteiger partial charge in [-0.3, -0.25) is 4.79 Å². The fourth-order valence-corrected chi connectivity index (χ4v) is 3.46. The van der Waals surface area contributed by atoms with E-state index < -0.39 is 15.1 Å². The molecule has 1 aliphatic heterocycles. The van der Waals surface area contributed by atoms with Gasteiger partial charge in [-0.1, -0.05) is 0 Å². The van der Waals surface area contributed by atoms with E-state index in [1.54, 1.807) is 0 Å². The molecule has 1 aliphatic rings. The second kappa shape index (κ2) is 3.44. The fourth-order valence-electron chi connectivity index (χ4n) is 1.67. The van der Waals surface area contributed by atoms with Gasteiger partial charge < -0.3 is 4.42 Å².